The number of para-hydroxylation sites is 1. The normalized spacial score (nSPS) is 10.8. The van der Waals surface area contributed by atoms with E-state index >= 15 is 0 Å². The van der Waals surface area contributed by atoms with E-state index in [2.05, 4.69) is 4.98 Å². The molecule has 8 heteroatoms. The largest absolute Gasteiger partial charge is 0.484 e. The van der Waals surface area contributed by atoms with Gasteiger partial charge in [0.05, 0.1) is 6.54 Å². The highest BCUT2D eigenvalue weighted by molar-refractivity contribution is 5.96. The zero-order chi connectivity index (χ0) is 23.1. The summed E-state index contributed by atoms with van der Waals surface area (Å²) >= 11 is 0. The van der Waals surface area contributed by atoms with Gasteiger partial charge in [0.15, 0.2) is 12.3 Å². The van der Waals surface area contributed by atoms with Crippen molar-refractivity contribution in [2.24, 2.45) is 5.92 Å². The molecule has 168 valence electrons. The van der Waals surface area contributed by atoms with Crippen molar-refractivity contribution in [3.63, 3.8) is 0 Å². The maximum atomic E-state index is 13.1. The van der Waals surface area contributed by atoms with Gasteiger partial charge in [0.2, 0.25) is 0 Å². The molecule has 32 heavy (non-hydrogen) atoms. The van der Waals surface area contributed by atoms with E-state index in [4.69, 9.17) is 10.5 Å². The molecule has 3 N–H and O–H groups in total. The number of rotatable bonds is 9. The predicted molar refractivity (Wildman–Crippen MR) is 125 cm³/mol. The summed E-state index contributed by atoms with van der Waals surface area (Å²) in [5.41, 5.74) is 5.77. The summed E-state index contributed by atoms with van der Waals surface area (Å²) in [6, 6.07) is 18.2. The Morgan fingerprint density at radius 3 is 2.31 bits per heavy atom. The van der Waals surface area contributed by atoms with Gasteiger partial charge < -0.3 is 15.4 Å². The molecule has 2 aromatic carbocycles. The fourth-order valence-corrected chi connectivity index (χ4v) is 3.25. The number of aromatic amines is 1. The highest BCUT2D eigenvalue weighted by Gasteiger charge is 2.25. The molecule has 0 aliphatic carbocycles. The molecule has 0 bridgehead atoms. The lowest BCUT2D eigenvalue weighted by Crippen LogP contribution is -2.43. The molecule has 0 saturated heterocycles. The molecule has 0 unspecified atom stereocenters. The lowest BCUT2D eigenvalue weighted by molar-refractivity contribution is -0.120. The summed E-state index contributed by atoms with van der Waals surface area (Å²) in [6.45, 7) is 4.21. The first kappa shape index (κ1) is 22.9. The number of nitrogens with two attached hydrogens (primary N) is 1. The second-order valence-corrected chi connectivity index (χ2v) is 7.89. The first-order valence-electron chi connectivity index (χ1n) is 10.5. The van der Waals surface area contributed by atoms with E-state index in [9.17, 15) is 14.4 Å². The molecule has 0 aliphatic rings. The van der Waals surface area contributed by atoms with Crippen molar-refractivity contribution in [1.82, 2.24) is 9.55 Å². The number of benzene rings is 2. The van der Waals surface area contributed by atoms with Gasteiger partial charge >= 0.3 is 5.69 Å². The van der Waals surface area contributed by atoms with Crippen LogP contribution in [-0.4, -0.2) is 28.6 Å². The van der Waals surface area contributed by atoms with E-state index in [1.165, 1.54) is 9.47 Å². The third-order valence-electron chi connectivity index (χ3n) is 5.00. The molecule has 0 fully saturated rings. The van der Waals surface area contributed by atoms with Gasteiger partial charge in [0.25, 0.3) is 11.5 Å². The van der Waals surface area contributed by atoms with E-state index in [0.717, 1.165) is 5.56 Å². The van der Waals surface area contributed by atoms with Crippen LogP contribution in [0, 0.1) is 5.92 Å². The Hall–Kier alpha value is -3.81. The molecule has 1 amide bonds. The van der Waals surface area contributed by atoms with Crippen molar-refractivity contribution in [2.75, 3.05) is 23.8 Å². The summed E-state index contributed by atoms with van der Waals surface area (Å²) in [5.74, 6) is 0.354. The van der Waals surface area contributed by atoms with Gasteiger partial charge in [0, 0.05) is 6.54 Å². The zero-order valence-electron chi connectivity index (χ0n) is 18.3. The number of carbonyl (C=O) groups is 1. The van der Waals surface area contributed by atoms with Gasteiger partial charge in [-0.25, -0.2) is 4.79 Å². The van der Waals surface area contributed by atoms with Crippen LogP contribution < -0.4 is 26.6 Å². The number of carbonyl (C=O) groups excluding carboxylic acids is 1. The molecular formula is C24H28N4O4. The fraction of sp³-hybridized carbons (Fsp3) is 0.292. The standard InChI is InChI=1S/C24H28N4O4/c1-17(2)13-14-27(20(29)16-32-19-11-7-4-8-12-19)21-22(25)28(24(31)26-23(21)30)15-18-9-5-3-6-10-18/h3-12,17H,13-16,25H2,1-2H3,(H,26,30,31). The number of hydrogen-bond donors (Lipinski definition) is 2. The number of nitrogen functional groups attached to an aromatic ring is 1. The molecule has 3 aromatic rings. The van der Waals surface area contributed by atoms with Gasteiger partial charge in [-0.3, -0.25) is 19.1 Å². The van der Waals surface area contributed by atoms with Crippen molar-refractivity contribution in [1.29, 1.82) is 0 Å². The number of nitrogens with zero attached hydrogens (tertiary/aromatic N) is 2. The molecule has 0 aliphatic heterocycles. The first-order valence-corrected chi connectivity index (χ1v) is 10.5. The van der Waals surface area contributed by atoms with Crippen LogP contribution in [0.1, 0.15) is 25.8 Å². The van der Waals surface area contributed by atoms with Crippen molar-refractivity contribution < 1.29 is 9.53 Å². The van der Waals surface area contributed by atoms with Crippen LogP contribution in [0.5, 0.6) is 5.75 Å². The monoisotopic (exact) mass is 436 g/mol. The van der Waals surface area contributed by atoms with Crippen molar-refractivity contribution in [3.05, 3.63) is 87.1 Å². The second-order valence-electron chi connectivity index (χ2n) is 7.89. The highest BCUT2D eigenvalue weighted by Crippen LogP contribution is 2.20. The Balaban J connectivity index is 1.95. The minimum atomic E-state index is -0.700. The van der Waals surface area contributed by atoms with E-state index in [0.29, 0.717) is 12.2 Å². The van der Waals surface area contributed by atoms with E-state index in [1.807, 2.05) is 50.2 Å². The van der Waals surface area contributed by atoms with Crippen molar-refractivity contribution >= 4 is 17.4 Å². The van der Waals surface area contributed by atoms with Crippen LogP contribution in [0.4, 0.5) is 11.5 Å². The van der Waals surface area contributed by atoms with Crippen molar-refractivity contribution in [2.45, 2.75) is 26.8 Å². The molecule has 8 nitrogen and oxygen atoms in total. The van der Waals surface area contributed by atoms with Gasteiger partial charge in [-0.15, -0.1) is 0 Å². The van der Waals surface area contributed by atoms with Crippen LogP contribution in [0.25, 0.3) is 0 Å². The van der Waals surface area contributed by atoms with Crippen molar-refractivity contribution in [3.8, 4) is 5.75 Å². The van der Waals surface area contributed by atoms with Gasteiger partial charge in [-0.2, -0.15) is 0 Å². The van der Waals surface area contributed by atoms with E-state index in [1.54, 1.807) is 24.3 Å². The molecule has 1 aromatic heterocycles. The van der Waals surface area contributed by atoms with Crippen LogP contribution in [-0.2, 0) is 11.3 Å². The number of hydrogen-bond acceptors (Lipinski definition) is 5. The summed E-state index contributed by atoms with van der Waals surface area (Å²) < 4.78 is 6.86. The Bertz CT molecular complexity index is 1150. The number of aromatic nitrogens is 2. The van der Waals surface area contributed by atoms with E-state index < -0.39 is 17.2 Å². The van der Waals surface area contributed by atoms with Crippen LogP contribution in [0.3, 0.4) is 0 Å². The Morgan fingerprint density at radius 2 is 1.69 bits per heavy atom. The third kappa shape index (κ3) is 5.66. The zero-order valence-corrected chi connectivity index (χ0v) is 18.3. The molecule has 0 radical (unpaired) electrons. The summed E-state index contributed by atoms with van der Waals surface area (Å²) in [7, 11) is 0. The van der Waals surface area contributed by atoms with Crippen LogP contribution >= 0.6 is 0 Å². The smallest absolute Gasteiger partial charge is 0.330 e. The average Bonchev–Trinajstić information content (AvgIpc) is 2.78. The second kappa shape index (κ2) is 10.5. The van der Waals surface area contributed by atoms with Gasteiger partial charge in [-0.05, 0) is 30.0 Å². The average molecular weight is 437 g/mol. The van der Waals surface area contributed by atoms with Crippen LogP contribution in [0.15, 0.2) is 70.3 Å². The number of H-pyrrole nitrogens is 1. The number of amides is 1. The first-order chi connectivity index (χ1) is 15.4. The Morgan fingerprint density at radius 1 is 1.06 bits per heavy atom. The Kier molecular flexibility index (Phi) is 7.49. The molecule has 0 saturated carbocycles. The maximum Gasteiger partial charge on any atom is 0.330 e. The molecule has 1 heterocycles. The molecular weight excluding hydrogens is 408 g/mol. The minimum Gasteiger partial charge on any atom is -0.484 e. The summed E-state index contributed by atoms with van der Waals surface area (Å²) in [4.78, 5) is 41.9. The molecule has 0 atom stereocenters. The quantitative estimate of drug-likeness (QED) is 0.536. The number of anilines is 2. The maximum absolute atomic E-state index is 13.1. The Labute approximate surface area is 186 Å². The summed E-state index contributed by atoms with van der Waals surface area (Å²) in [6.07, 6.45) is 0.647. The SMILES string of the molecule is CC(C)CCN(C(=O)COc1ccccc1)c1c(N)n(Cc2ccccc2)c(=O)[nH]c1=O. The predicted octanol–water partition coefficient (Wildman–Crippen LogP) is 2.63. The molecule has 3 rings (SSSR count). The minimum absolute atomic E-state index is 0.0390. The third-order valence-corrected chi connectivity index (χ3v) is 5.00. The molecule has 0 spiro atoms. The topological polar surface area (TPSA) is 110 Å². The fourth-order valence-electron chi connectivity index (χ4n) is 3.25. The van der Waals surface area contributed by atoms with Gasteiger partial charge in [-0.1, -0.05) is 62.4 Å². The number of nitrogens with one attached hydrogen (secondary N) is 1. The van der Waals surface area contributed by atoms with Gasteiger partial charge in [0.1, 0.15) is 11.6 Å². The number of ether oxygens (including phenoxy) is 1. The summed E-state index contributed by atoms with van der Waals surface area (Å²) in [5, 5.41) is 0. The van der Waals surface area contributed by atoms with Crippen LogP contribution in [0.2, 0.25) is 0 Å². The lowest BCUT2D eigenvalue weighted by atomic mass is 10.1. The highest BCUT2D eigenvalue weighted by atomic mass is 16.5. The lowest BCUT2D eigenvalue weighted by Gasteiger charge is -2.25. The van der Waals surface area contributed by atoms with E-state index in [-0.39, 0.29) is 37.1 Å².